The molecule has 0 saturated heterocycles. The number of nitrogens with one attached hydrogen (secondary N) is 2. The third-order valence-electron chi connectivity index (χ3n) is 4.77. The lowest BCUT2D eigenvalue weighted by molar-refractivity contribution is 0.0600. The number of carbonyl (C=O) groups excluding carboxylic acids is 3. The molecule has 164 valence electrons. The first-order chi connectivity index (χ1) is 15.4. The number of hydrogen-bond donors (Lipinski definition) is 4. The molecular formula is C24H24N4O4. The van der Waals surface area contributed by atoms with Gasteiger partial charge >= 0.3 is 5.97 Å². The SMILES string of the molecule is COC(=O)c1cc(NC(=O)c2ccc(CN)cc2)cc(NC(=O)c2ccc(CN)cc2)c1. The molecule has 0 spiro atoms. The fourth-order valence-corrected chi connectivity index (χ4v) is 3.00. The average molecular weight is 432 g/mol. The van der Waals surface area contributed by atoms with Crippen LogP contribution >= 0.6 is 0 Å². The van der Waals surface area contributed by atoms with Gasteiger partial charge in [-0.15, -0.1) is 0 Å². The van der Waals surface area contributed by atoms with Crippen molar-refractivity contribution >= 4 is 29.2 Å². The van der Waals surface area contributed by atoms with Crippen molar-refractivity contribution in [3.63, 3.8) is 0 Å². The first-order valence-corrected chi connectivity index (χ1v) is 9.87. The number of ether oxygens (including phenoxy) is 1. The lowest BCUT2D eigenvalue weighted by Gasteiger charge is -2.12. The molecule has 0 aliphatic rings. The molecule has 8 heteroatoms. The van der Waals surface area contributed by atoms with Crippen LogP contribution < -0.4 is 22.1 Å². The summed E-state index contributed by atoms with van der Waals surface area (Å²) in [5.74, 6) is -1.34. The molecule has 0 heterocycles. The van der Waals surface area contributed by atoms with Crippen molar-refractivity contribution in [3.8, 4) is 0 Å². The van der Waals surface area contributed by atoms with E-state index in [-0.39, 0.29) is 17.4 Å². The summed E-state index contributed by atoms with van der Waals surface area (Å²) < 4.78 is 4.79. The Morgan fingerprint density at radius 1 is 0.688 bits per heavy atom. The Bertz CT molecular complexity index is 1050. The molecule has 0 aromatic heterocycles. The van der Waals surface area contributed by atoms with Crippen LogP contribution in [0.2, 0.25) is 0 Å². The molecule has 0 aliphatic carbocycles. The second-order valence-corrected chi connectivity index (χ2v) is 7.00. The van der Waals surface area contributed by atoms with Crippen LogP contribution in [0.4, 0.5) is 11.4 Å². The molecule has 0 unspecified atom stereocenters. The summed E-state index contributed by atoms with van der Waals surface area (Å²) in [5, 5.41) is 5.48. The Morgan fingerprint density at radius 3 is 1.44 bits per heavy atom. The number of amides is 2. The first-order valence-electron chi connectivity index (χ1n) is 9.87. The fraction of sp³-hybridized carbons (Fsp3) is 0.125. The van der Waals surface area contributed by atoms with Crippen LogP contribution in [0.15, 0.2) is 66.7 Å². The van der Waals surface area contributed by atoms with Crippen LogP contribution in [-0.2, 0) is 17.8 Å². The second kappa shape index (κ2) is 10.3. The van der Waals surface area contributed by atoms with Crippen LogP contribution in [0.3, 0.4) is 0 Å². The van der Waals surface area contributed by atoms with Crippen molar-refractivity contribution in [1.29, 1.82) is 0 Å². The van der Waals surface area contributed by atoms with Crippen LogP contribution in [0.1, 0.15) is 42.2 Å². The highest BCUT2D eigenvalue weighted by Gasteiger charge is 2.14. The van der Waals surface area contributed by atoms with E-state index in [0.717, 1.165) is 11.1 Å². The predicted molar refractivity (Wildman–Crippen MR) is 122 cm³/mol. The van der Waals surface area contributed by atoms with E-state index in [0.29, 0.717) is 35.6 Å². The highest BCUT2D eigenvalue weighted by atomic mass is 16.5. The van der Waals surface area contributed by atoms with Gasteiger partial charge in [-0.1, -0.05) is 24.3 Å². The van der Waals surface area contributed by atoms with E-state index in [9.17, 15) is 14.4 Å². The summed E-state index contributed by atoms with van der Waals surface area (Å²) in [6.07, 6.45) is 0. The Balaban J connectivity index is 1.84. The standard InChI is InChI=1S/C24H24N4O4/c1-32-24(31)19-10-20(27-22(29)17-6-2-15(13-25)3-7-17)12-21(11-19)28-23(30)18-8-4-16(14-26)5-9-18/h2-12H,13-14,25-26H2,1H3,(H,27,29)(H,28,30). The number of benzene rings is 3. The van der Waals surface area contributed by atoms with E-state index in [4.69, 9.17) is 16.2 Å². The van der Waals surface area contributed by atoms with Gasteiger partial charge in [0.2, 0.25) is 0 Å². The molecule has 0 aliphatic heterocycles. The van der Waals surface area contributed by atoms with E-state index < -0.39 is 5.97 Å². The molecule has 0 radical (unpaired) electrons. The zero-order chi connectivity index (χ0) is 23.1. The maximum atomic E-state index is 12.6. The highest BCUT2D eigenvalue weighted by molar-refractivity contribution is 6.07. The molecule has 0 fully saturated rings. The topological polar surface area (TPSA) is 137 Å². The molecule has 0 saturated carbocycles. The highest BCUT2D eigenvalue weighted by Crippen LogP contribution is 2.22. The number of carbonyl (C=O) groups is 3. The molecule has 0 bridgehead atoms. The minimum absolute atomic E-state index is 0.178. The normalized spacial score (nSPS) is 10.3. The van der Waals surface area contributed by atoms with Gasteiger partial charge in [0, 0.05) is 35.6 Å². The van der Waals surface area contributed by atoms with Crippen molar-refractivity contribution in [2.24, 2.45) is 11.5 Å². The molecule has 3 aromatic carbocycles. The Morgan fingerprint density at radius 2 is 1.09 bits per heavy atom. The summed E-state index contributed by atoms with van der Waals surface area (Å²) in [6, 6.07) is 18.2. The van der Waals surface area contributed by atoms with Gasteiger partial charge in [0.1, 0.15) is 0 Å². The zero-order valence-electron chi connectivity index (χ0n) is 17.6. The third-order valence-corrected chi connectivity index (χ3v) is 4.77. The van der Waals surface area contributed by atoms with Gasteiger partial charge in [-0.3, -0.25) is 9.59 Å². The molecule has 3 aromatic rings. The van der Waals surface area contributed by atoms with Gasteiger partial charge in [-0.25, -0.2) is 4.79 Å². The number of esters is 1. The van der Waals surface area contributed by atoms with E-state index in [1.54, 1.807) is 54.6 Å². The molecule has 6 N–H and O–H groups in total. The molecule has 32 heavy (non-hydrogen) atoms. The molecule has 8 nitrogen and oxygen atoms in total. The summed E-state index contributed by atoms with van der Waals surface area (Å²) in [4.78, 5) is 37.3. The van der Waals surface area contributed by atoms with Gasteiger partial charge in [-0.05, 0) is 53.6 Å². The zero-order valence-corrected chi connectivity index (χ0v) is 17.6. The lowest BCUT2D eigenvalue weighted by atomic mass is 10.1. The molecular weight excluding hydrogens is 408 g/mol. The van der Waals surface area contributed by atoms with Crippen molar-refractivity contribution < 1.29 is 19.1 Å². The quantitative estimate of drug-likeness (QED) is 0.424. The Labute approximate surface area is 185 Å². The average Bonchev–Trinajstić information content (AvgIpc) is 2.83. The van der Waals surface area contributed by atoms with Gasteiger partial charge in [0.25, 0.3) is 11.8 Å². The molecule has 0 atom stereocenters. The van der Waals surface area contributed by atoms with Crippen molar-refractivity contribution in [2.45, 2.75) is 13.1 Å². The number of rotatable bonds is 7. The number of nitrogens with two attached hydrogens (primary N) is 2. The number of methoxy groups -OCH3 is 1. The van der Waals surface area contributed by atoms with Crippen molar-refractivity contribution in [1.82, 2.24) is 0 Å². The van der Waals surface area contributed by atoms with E-state index in [2.05, 4.69) is 10.6 Å². The monoisotopic (exact) mass is 432 g/mol. The van der Waals surface area contributed by atoms with Crippen LogP contribution in [0, 0.1) is 0 Å². The van der Waals surface area contributed by atoms with Crippen LogP contribution in [0.25, 0.3) is 0 Å². The molecule has 3 rings (SSSR count). The third kappa shape index (κ3) is 5.57. The van der Waals surface area contributed by atoms with E-state index >= 15 is 0 Å². The summed E-state index contributed by atoms with van der Waals surface area (Å²) in [6.45, 7) is 0.752. The molecule has 2 amide bonds. The second-order valence-electron chi connectivity index (χ2n) is 7.00. The maximum Gasteiger partial charge on any atom is 0.337 e. The summed E-state index contributed by atoms with van der Waals surface area (Å²) in [7, 11) is 1.25. The number of hydrogen-bond acceptors (Lipinski definition) is 6. The largest absolute Gasteiger partial charge is 0.465 e. The van der Waals surface area contributed by atoms with Gasteiger partial charge in [0.15, 0.2) is 0 Å². The van der Waals surface area contributed by atoms with Crippen molar-refractivity contribution in [3.05, 3.63) is 94.5 Å². The van der Waals surface area contributed by atoms with Gasteiger partial charge in [0.05, 0.1) is 12.7 Å². The van der Waals surface area contributed by atoms with Crippen molar-refractivity contribution in [2.75, 3.05) is 17.7 Å². The van der Waals surface area contributed by atoms with Crippen LogP contribution in [-0.4, -0.2) is 24.9 Å². The van der Waals surface area contributed by atoms with Crippen LogP contribution in [0.5, 0.6) is 0 Å². The minimum atomic E-state index is -0.601. The Kier molecular flexibility index (Phi) is 7.33. The van der Waals surface area contributed by atoms with Gasteiger partial charge in [-0.2, -0.15) is 0 Å². The van der Waals surface area contributed by atoms with E-state index in [1.807, 2.05) is 0 Å². The Hall–Kier alpha value is -4.01. The first kappa shape index (κ1) is 22.7. The fourth-order valence-electron chi connectivity index (χ4n) is 3.00. The lowest BCUT2D eigenvalue weighted by Crippen LogP contribution is -2.15. The summed E-state index contributed by atoms with van der Waals surface area (Å²) in [5.41, 5.74) is 14.7. The van der Waals surface area contributed by atoms with Gasteiger partial charge < -0.3 is 26.8 Å². The predicted octanol–water partition coefficient (Wildman–Crippen LogP) is 2.90. The number of anilines is 2. The van der Waals surface area contributed by atoms with E-state index in [1.165, 1.54) is 19.2 Å². The smallest absolute Gasteiger partial charge is 0.337 e. The maximum absolute atomic E-state index is 12.6. The summed E-state index contributed by atoms with van der Waals surface area (Å²) >= 11 is 0. The minimum Gasteiger partial charge on any atom is -0.465 e.